The third kappa shape index (κ3) is 3.84. The van der Waals surface area contributed by atoms with Gasteiger partial charge < -0.3 is 4.74 Å². The van der Waals surface area contributed by atoms with Crippen molar-refractivity contribution in [2.45, 2.75) is 13.8 Å². The van der Waals surface area contributed by atoms with E-state index in [-0.39, 0.29) is 0 Å². The molecule has 2 aromatic carbocycles. The molecule has 0 aliphatic carbocycles. The lowest BCUT2D eigenvalue weighted by Gasteiger charge is -2.10. The minimum absolute atomic E-state index is 0.469. The molecule has 2 aromatic rings. The van der Waals surface area contributed by atoms with Crippen LogP contribution in [0.5, 0.6) is 5.75 Å². The number of halogens is 2. The number of ether oxygens (including phenoxy) is 1. The van der Waals surface area contributed by atoms with Crippen LogP contribution in [-0.2, 0) is 0 Å². The second-order valence-corrected chi connectivity index (χ2v) is 6.18. The summed E-state index contributed by atoms with van der Waals surface area (Å²) in [6.45, 7) is 3.91. The normalized spacial score (nSPS) is 10.2. The number of hydrogen-bond donors (Lipinski definition) is 1. The third-order valence-corrected chi connectivity index (χ3v) is 3.84. The molecule has 0 saturated heterocycles. The average Bonchev–Trinajstić information content (AvgIpc) is 2.37. The van der Waals surface area contributed by atoms with Gasteiger partial charge in [0.1, 0.15) is 5.75 Å². The fourth-order valence-corrected chi connectivity index (χ4v) is 2.79. The zero-order valence-electron chi connectivity index (χ0n) is 11.0. The van der Waals surface area contributed by atoms with Gasteiger partial charge in [0.05, 0.1) is 4.47 Å². The summed E-state index contributed by atoms with van der Waals surface area (Å²) in [5.41, 5.74) is 2.82. The Kier molecular flexibility index (Phi) is 4.83. The number of carbonyl (C=O) groups excluding carboxylic acids is 1. The van der Waals surface area contributed by atoms with Crippen molar-refractivity contribution in [2.24, 2.45) is 0 Å². The van der Waals surface area contributed by atoms with Crippen LogP contribution >= 0.6 is 31.9 Å². The van der Waals surface area contributed by atoms with Gasteiger partial charge in [-0.25, -0.2) is 4.79 Å². The van der Waals surface area contributed by atoms with Gasteiger partial charge >= 0.3 is 6.09 Å². The van der Waals surface area contributed by atoms with Gasteiger partial charge in [0.25, 0.3) is 0 Å². The Labute approximate surface area is 134 Å². The molecule has 0 atom stereocenters. The lowest BCUT2D eigenvalue weighted by Crippen LogP contribution is -2.17. The lowest BCUT2D eigenvalue weighted by atomic mass is 10.1. The van der Waals surface area contributed by atoms with Crippen molar-refractivity contribution in [3.8, 4) is 5.75 Å². The molecule has 0 radical (unpaired) electrons. The van der Waals surface area contributed by atoms with Crippen molar-refractivity contribution in [1.29, 1.82) is 0 Å². The van der Waals surface area contributed by atoms with Gasteiger partial charge in [-0.3, -0.25) is 5.32 Å². The van der Waals surface area contributed by atoms with Crippen molar-refractivity contribution < 1.29 is 9.53 Å². The molecule has 0 saturated carbocycles. The Morgan fingerprint density at radius 1 is 1.10 bits per heavy atom. The highest BCUT2D eigenvalue weighted by atomic mass is 79.9. The van der Waals surface area contributed by atoms with Gasteiger partial charge in [0.2, 0.25) is 0 Å². The molecule has 2 rings (SSSR count). The Morgan fingerprint density at radius 3 is 2.55 bits per heavy atom. The number of benzene rings is 2. The summed E-state index contributed by atoms with van der Waals surface area (Å²) in [6.07, 6.45) is -0.512. The topological polar surface area (TPSA) is 38.3 Å². The number of amides is 1. The Hall–Kier alpha value is -1.33. The molecule has 0 aliphatic rings. The van der Waals surface area contributed by atoms with Crippen molar-refractivity contribution in [2.75, 3.05) is 5.32 Å². The number of rotatable bonds is 2. The van der Waals surface area contributed by atoms with E-state index in [0.29, 0.717) is 10.2 Å². The van der Waals surface area contributed by atoms with E-state index >= 15 is 0 Å². The molecule has 0 aromatic heterocycles. The van der Waals surface area contributed by atoms with Crippen LogP contribution in [0.15, 0.2) is 45.3 Å². The summed E-state index contributed by atoms with van der Waals surface area (Å²) >= 11 is 6.70. The van der Waals surface area contributed by atoms with Crippen LogP contribution in [0.4, 0.5) is 10.5 Å². The molecule has 0 unspecified atom stereocenters. The molecule has 0 fully saturated rings. The molecule has 5 heteroatoms. The molecule has 0 bridgehead atoms. The van der Waals surface area contributed by atoms with E-state index in [1.165, 1.54) is 0 Å². The van der Waals surface area contributed by atoms with E-state index < -0.39 is 6.09 Å². The maximum absolute atomic E-state index is 11.9. The van der Waals surface area contributed by atoms with Gasteiger partial charge in [-0.15, -0.1) is 0 Å². The van der Waals surface area contributed by atoms with Crippen LogP contribution in [0, 0.1) is 13.8 Å². The number of nitrogens with one attached hydrogen (secondary N) is 1. The zero-order chi connectivity index (χ0) is 14.7. The Bertz CT molecular complexity index is 656. The van der Waals surface area contributed by atoms with E-state index in [2.05, 4.69) is 37.2 Å². The van der Waals surface area contributed by atoms with E-state index in [0.717, 1.165) is 21.3 Å². The van der Waals surface area contributed by atoms with E-state index in [1.807, 2.05) is 44.2 Å². The predicted octanol–water partition coefficient (Wildman–Crippen LogP) is 5.44. The molecule has 104 valence electrons. The van der Waals surface area contributed by atoms with Crippen molar-refractivity contribution in [3.05, 3.63) is 56.5 Å². The van der Waals surface area contributed by atoms with Crippen LogP contribution < -0.4 is 10.1 Å². The summed E-state index contributed by atoms with van der Waals surface area (Å²) in [7, 11) is 0. The number of hydrogen-bond acceptors (Lipinski definition) is 2. The first-order chi connectivity index (χ1) is 9.45. The average molecular weight is 399 g/mol. The fourth-order valence-electron chi connectivity index (χ4n) is 1.66. The highest BCUT2D eigenvalue weighted by Crippen LogP contribution is 2.28. The van der Waals surface area contributed by atoms with Gasteiger partial charge in [-0.05, 0) is 65.2 Å². The molecule has 0 spiro atoms. The van der Waals surface area contributed by atoms with Crippen LogP contribution in [0.25, 0.3) is 0 Å². The first-order valence-corrected chi connectivity index (χ1v) is 7.55. The molecular formula is C15H13Br2NO2. The Morgan fingerprint density at radius 2 is 1.85 bits per heavy atom. The summed E-state index contributed by atoms with van der Waals surface area (Å²) in [5, 5.41) is 2.75. The molecule has 1 N–H and O–H groups in total. The monoisotopic (exact) mass is 397 g/mol. The standard InChI is InChI=1S/C15H13Br2NO2/c1-9-3-4-10(2)13(7-9)18-15(19)20-14-6-5-11(16)8-12(14)17/h3-8H,1-2H3,(H,18,19). The highest BCUT2D eigenvalue weighted by Gasteiger charge is 2.10. The van der Waals surface area contributed by atoms with E-state index in [9.17, 15) is 4.79 Å². The largest absolute Gasteiger partial charge is 0.417 e. The maximum atomic E-state index is 11.9. The first kappa shape index (κ1) is 15.1. The van der Waals surface area contributed by atoms with Gasteiger partial charge in [0, 0.05) is 10.2 Å². The van der Waals surface area contributed by atoms with Crippen LogP contribution in [-0.4, -0.2) is 6.09 Å². The maximum Gasteiger partial charge on any atom is 0.417 e. The first-order valence-electron chi connectivity index (χ1n) is 5.97. The summed E-state index contributed by atoms with van der Waals surface area (Å²) < 4.78 is 6.90. The van der Waals surface area contributed by atoms with Crippen LogP contribution in [0.2, 0.25) is 0 Å². The van der Waals surface area contributed by atoms with Crippen LogP contribution in [0.3, 0.4) is 0 Å². The molecule has 1 amide bonds. The number of aryl methyl sites for hydroxylation is 2. The number of carbonyl (C=O) groups is 1. The highest BCUT2D eigenvalue weighted by molar-refractivity contribution is 9.11. The summed E-state index contributed by atoms with van der Waals surface area (Å²) in [6, 6.07) is 11.2. The second-order valence-electron chi connectivity index (χ2n) is 4.41. The Balaban J connectivity index is 2.11. The predicted molar refractivity (Wildman–Crippen MR) is 87.4 cm³/mol. The van der Waals surface area contributed by atoms with Crippen molar-refractivity contribution >= 4 is 43.6 Å². The van der Waals surface area contributed by atoms with E-state index in [4.69, 9.17) is 4.74 Å². The zero-order valence-corrected chi connectivity index (χ0v) is 14.2. The molecule has 20 heavy (non-hydrogen) atoms. The fraction of sp³-hybridized carbons (Fsp3) is 0.133. The number of anilines is 1. The summed E-state index contributed by atoms with van der Waals surface area (Å²) in [4.78, 5) is 11.9. The van der Waals surface area contributed by atoms with Crippen molar-refractivity contribution in [1.82, 2.24) is 0 Å². The van der Waals surface area contributed by atoms with E-state index in [1.54, 1.807) is 6.07 Å². The minimum Gasteiger partial charge on any atom is -0.409 e. The second kappa shape index (κ2) is 6.41. The van der Waals surface area contributed by atoms with Gasteiger partial charge in [0.15, 0.2) is 0 Å². The molecule has 0 heterocycles. The van der Waals surface area contributed by atoms with Crippen molar-refractivity contribution in [3.63, 3.8) is 0 Å². The quantitative estimate of drug-likeness (QED) is 0.731. The third-order valence-electron chi connectivity index (χ3n) is 2.73. The minimum atomic E-state index is -0.512. The van der Waals surface area contributed by atoms with Gasteiger partial charge in [-0.1, -0.05) is 28.1 Å². The lowest BCUT2D eigenvalue weighted by molar-refractivity contribution is 0.215. The molecular weight excluding hydrogens is 386 g/mol. The van der Waals surface area contributed by atoms with Crippen LogP contribution in [0.1, 0.15) is 11.1 Å². The molecule has 3 nitrogen and oxygen atoms in total. The summed E-state index contributed by atoms with van der Waals surface area (Å²) in [5.74, 6) is 0.469. The SMILES string of the molecule is Cc1ccc(C)c(NC(=O)Oc2ccc(Br)cc2Br)c1. The van der Waals surface area contributed by atoms with Gasteiger partial charge in [-0.2, -0.15) is 0 Å². The molecule has 0 aliphatic heterocycles. The smallest absolute Gasteiger partial charge is 0.409 e.